The predicted octanol–water partition coefficient (Wildman–Crippen LogP) is 3.11. The lowest BCUT2D eigenvalue weighted by Crippen LogP contribution is -2.49. The molecule has 1 unspecified atom stereocenters. The normalized spacial score (nSPS) is 20.2. The van der Waals surface area contributed by atoms with Gasteiger partial charge in [0.2, 0.25) is 11.8 Å². The second-order valence-corrected chi connectivity index (χ2v) is 9.01. The fourth-order valence-corrected chi connectivity index (χ4v) is 5.19. The molecule has 2 aromatic rings. The van der Waals surface area contributed by atoms with Crippen LogP contribution in [0, 0.1) is 5.92 Å². The molecule has 7 heteroatoms. The van der Waals surface area contributed by atoms with Gasteiger partial charge in [0, 0.05) is 32.6 Å². The monoisotopic (exact) mass is 415 g/mol. The number of morpholine rings is 1. The number of carbonyl (C=O) groups excluding carboxylic acids is 2. The number of aryl methyl sites for hydroxylation is 1. The number of piperidine rings is 1. The van der Waals surface area contributed by atoms with Crippen molar-refractivity contribution in [1.82, 2.24) is 14.8 Å². The number of likely N-dealkylation sites (tertiary alicyclic amines) is 1. The Morgan fingerprint density at radius 2 is 1.93 bits per heavy atom. The van der Waals surface area contributed by atoms with Gasteiger partial charge in [-0.2, -0.15) is 0 Å². The third kappa shape index (κ3) is 5.14. The molecule has 2 fully saturated rings. The number of nitrogens with zero attached hydrogens (tertiary/aromatic N) is 3. The molecule has 1 aromatic heterocycles. The van der Waals surface area contributed by atoms with Gasteiger partial charge < -0.3 is 14.5 Å². The second kappa shape index (κ2) is 9.67. The minimum atomic E-state index is -0.0476. The molecule has 0 N–H and O–H groups in total. The van der Waals surface area contributed by atoms with Crippen LogP contribution in [0.3, 0.4) is 0 Å². The molecule has 2 amide bonds. The molecule has 0 radical (unpaired) electrons. The number of benzene rings is 1. The molecule has 29 heavy (non-hydrogen) atoms. The molecule has 1 atom stereocenters. The molecule has 1 aromatic carbocycles. The minimum Gasteiger partial charge on any atom is -0.378 e. The van der Waals surface area contributed by atoms with Crippen molar-refractivity contribution in [2.24, 2.45) is 5.92 Å². The van der Waals surface area contributed by atoms with Crippen molar-refractivity contribution in [3.63, 3.8) is 0 Å². The Morgan fingerprint density at radius 3 is 2.76 bits per heavy atom. The summed E-state index contributed by atoms with van der Waals surface area (Å²) in [4.78, 5) is 33.9. The van der Waals surface area contributed by atoms with Crippen LogP contribution in [0.15, 0.2) is 24.3 Å². The summed E-state index contributed by atoms with van der Waals surface area (Å²) in [5.41, 5.74) is 1.06. The molecule has 2 saturated heterocycles. The number of aromatic nitrogens is 1. The highest BCUT2D eigenvalue weighted by Crippen LogP contribution is 2.24. The summed E-state index contributed by atoms with van der Waals surface area (Å²) in [6, 6.07) is 8.20. The largest absolute Gasteiger partial charge is 0.378 e. The molecular formula is C22H29N3O3S. The van der Waals surface area contributed by atoms with Crippen LogP contribution < -0.4 is 0 Å². The summed E-state index contributed by atoms with van der Waals surface area (Å²) in [5, 5.41) is 1.15. The van der Waals surface area contributed by atoms with Gasteiger partial charge in [-0.25, -0.2) is 4.98 Å². The third-order valence-electron chi connectivity index (χ3n) is 5.82. The summed E-state index contributed by atoms with van der Waals surface area (Å²) in [6.07, 6.45) is 5.12. The van der Waals surface area contributed by atoms with Crippen LogP contribution >= 0.6 is 11.3 Å². The number of para-hydroxylation sites is 1. The van der Waals surface area contributed by atoms with Crippen molar-refractivity contribution in [1.29, 1.82) is 0 Å². The molecular weight excluding hydrogens is 386 g/mol. The first kappa shape index (κ1) is 20.3. The number of hydrogen-bond acceptors (Lipinski definition) is 5. The van der Waals surface area contributed by atoms with Crippen molar-refractivity contribution in [3.05, 3.63) is 29.3 Å². The molecule has 4 rings (SSSR count). The average molecular weight is 416 g/mol. The van der Waals surface area contributed by atoms with Gasteiger partial charge in [0.15, 0.2) is 0 Å². The fraction of sp³-hybridized carbons (Fsp3) is 0.591. The fourth-order valence-electron chi connectivity index (χ4n) is 4.18. The van der Waals surface area contributed by atoms with E-state index >= 15 is 0 Å². The zero-order valence-corrected chi connectivity index (χ0v) is 17.7. The van der Waals surface area contributed by atoms with E-state index in [0.717, 1.165) is 49.2 Å². The van der Waals surface area contributed by atoms with Crippen LogP contribution in [-0.4, -0.2) is 66.0 Å². The van der Waals surface area contributed by atoms with Gasteiger partial charge >= 0.3 is 0 Å². The molecule has 3 heterocycles. The van der Waals surface area contributed by atoms with Crippen molar-refractivity contribution in [2.45, 2.75) is 38.5 Å². The maximum atomic E-state index is 12.7. The van der Waals surface area contributed by atoms with E-state index in [0.29, 0.717) is 39.3 Å². The van der Waals surface area contributed by atoms with Crippen LogP contribution in [0.2, 0.25) is 0 Å². The van der Waals surface area contributed by atoms with Gasteiger partial charge in [0.25, 0.3) is 0 Å². The number of ether oxygens (including phenoxy) is 1. The highest BCUT2D eigenvalue weighted by Gasteiger charge is 2.31. The zero-order chi connectivity index (χ0) is 20.1. The summed E-state index contributed by atoms with van der Waals surface area (Å²) >= 11 is 1.74. The highest BCUT2D eigenvalue weighted by molar-refractivity contribution is 7.18. The molecule has 0 saturated carbocycles. The van der Waals surface area contributed by atoms with Crippen LogP contribution in [-0.2, 0) is 20.7 Å². The third-order valence-corrected chi connectivity index (χ3v) is 6.91. The smallest absolute Gasteiger partial charge is 0.227 e. The lowest BCUT2D eigenvalue weighted by Gasteiger charge is -2.36. The highest BCUT2D eigenvalue weighted by atomic mass is 32.1. The first-order valence-electron chi connectivity index (χ1n) is 10.7. The number of amides is 2. The van der Waals surface area contributed by atoms with E-state index in [9.17, 15) is 9.59 Å². The quantitative estimate of drug-likeness (QED) is 0.680. The Labute approximate surface area is 175 Å². The van der Waals surface area contributed by atoms with Crippen molar-refractivity contribution in [3.8, 4) is 0 Å². The van der Waals surface area contributed by atoms with E-state index in [1.54, 1.807) is 11.3 Å². The molecule has 156 valence electrons. The molecule has 0 aliphatic carbocycles. The van der Waals surface area contributed by atoms with E-state index in [-0.39, 0.29) is 17.7 Å². The van der Waals surface area contributed by atoms with Crippen LogP contribution in [0.25, 0.3) is 10.2 Å². The van der Waals surface area contributed by atoms with Crippen LogP contribution in [0.1, 0.15) is 37.1 Å². The maximum absolute atomic E-state index is 12.7. The van der Waals surface area contributed by atoms with Gasteiger partial charge in [-0.1, -0.05) is 12.1 Å². The van der Waals surface area contributed by atoms with Gasteiger partial charge in [-0.05, 0) is 44.2 Å². The average Bonchev–Trinajstić information content (AvgIpc) is 3.19. The second-order valence-electron chi connectivity index (χ2n) is 7.90. The Morgan fingerprint density at radius 1 is 1.10 bits per heavy atom. The molecule has 0 bridgehead atoms. The molecule has 6 nitrogen and oxygen atoms in total. The van der Waals surface area contributed by atoms with Gasteiger partial charge in [-0.15, -0.1) is 11.3 Å². The Kier molecular flexibility index (Phi) is 6.77. The summed E-state index contributed by atoms with van der Waals surface area (Å²) in [6.45, 7) is 3.95. The molecule has 2 aliphatic heterocycles. The van der Waals surface area contributed by atoms with Crippen molar-refractivity contribution >= 4 is 33.4 Å². The van der Waals surface area contributed by atoms with Crippen LogP contribution in [0.5, 0.6) is 0 Å². The van der Waals surface area contributed by atoms with Gasteiger partial charge in [0.05, 0.1) is 34.4 Å². The number of rotatable bonds is 6. The van der Waals surface area contributed by atoms with Crippen LogP contribution in [0.4, 0.5) is 0 Å². The van der Waals surface area contributed by atoms with E-state index in [1.807, 2.05) is 28.0 Å². The van der Waals surface area contributed by atoms with Crippen molar-refractivity contribution < 1.29 is 14.3 Å². The minimum absolute atomic E-state index is 0.0476. The van der Waals surface area contributed by atoms with E-state index in [4.69, 9.17) is 4.74 Å². The first-order chi connectivity index (χ1) is 14.2. The number of unbranched alkanes of at least 4 members (excludes halogenated alkanes) is 1. The first-order valence-corrected chi connectivity index (χ1v) is 11.5. The summed E-state index contributed by atoms with van der Waals surface area (Å²) < 4.78 is 6.56. The lowest BCUT2D eigenvalue weighted by atomic mass is 9.96. The van der Waals surface area contributed by atoms with E-state index in [2.05, 4.69) is 11.1 Å². The molecule has 2 aliphatic rings. The Hall–Kier alpha value is -1.99. The standard InChI is InChI=1S/C22H29N3O3S/c26-21(10-4-3-9-20-23-18-7-1-2-8-19(18)29-20)25-11-5-6-17(16-25)22(27)24-12-14-28-15-13-24/h1-2,7-8,17H,3-6,9-16H2. The number of thiazole rings is 1. The SMILES string of the molecule is O=C(CCCCc1nc2ccccc2s1)N1CCCC(C(=O)N2CCOCC2)C1. The predicted molar refractivity (Wildman–Crippen MR) is 114 cm³/mol. The van der Waals surface area contributed by atoms with Crippen molar-refractivity contribution in [2.75, 3.05) is 39.4 Å². The topological polar surface area (TPSA) is 62.7 Å². The zero-order valence-electron chi connectivity index (χ0n) is 16.8. The molecule has 0 spiro atoms. The van der Waals surface area contributed by atoms with Gasteiger partial charge in [-0.3, -0.25) is 9.59 Å². The van der Waals surface area contributed by atoms with Gasteiger partial charge in [0.1, 0.15) is 0 Å². The Bertz CT molecular complexity index is 814. The summed E-state index contributed by atoms with van der Waals surface area (Å²) in [5.74, 6) is 0.337. The van der Waals surface area contributed by atoms with E-state index in [1.165, 1.54) is 4.70 Å². The summed E-state index contributed by atoms with van der Waals surface area (Å²) in [7, 11) is 0. The lowest BCUT2D eigenvalue weighted by molar-refractivity contribution is -0.144. The Balaban J connectivity index is 1.21. The number of hydrogen-bond donors (Lipinski definition) is 0. The maximum Gasteiger partial charge on any atom is 0.227 e. The number of fused-ring (bicyclic) bond motifs is 1. The van der Waals surface area contributed by atoms with E-state index < -0.39 is 0 Å². The number of carbonyl (C=O) groups is 2.